The summed E-state index contributed by atoms with van der Waals surface area (Å²) in [4.78, 5) is 38.2. The maximum atomic E-state index is 12.1. The molecule has 2 aromatic rings. The first-order chi connectivity index (χ1) is 13.9. The molecule has 1 aromatic carbocycles. The lowest BCUT2D eigenvalue weighted by Crippen LogP contribution is -2.42. The minimum absolute atomic E-state index is 0.0310. The van der Waals surface area contributed by atoms with Crippen LogP contribution >= 0.6 is 0 Å². The minimum atomic E-state index is -0.534. The quantitative estimate of drug-likeness (QED) is 0.559. The molecule has 3 N–H and O–H groups in total. The Labute approximate surface area is 170 Å². The number of furan rings is 1. The molecule has 8 heteroatoms. The lowest BCUT2D eigenvalue weighted by molar-refractivity contribution is -0.121. The molecule has 3 amide bonds. The second kappa shape index (κ2) is 11.0. The highest BCUT2D eigenvalue weighted by molar-refractivity contribution is 5.96. The summed E-state index contributed by atoms with van der Waals surface area (Å²) in [5.41, 5.74) is 6.06. The fourth-order valence-electron chi connectivity index (χ4n) is 2.72. The minimum Gasteiger partial charge on any atom is -0.454 e. The zero-order valence-electron chi connectivity index (χ0n) is 17.1. The smallest absolute Gasteiger partial charge is 0.305 e. The number of carbonyl (C=O) groups excluding carboxylic acids is 3. The summed E-state index contributed by atoms with van der Waals surface area (Å²) < 4.78 is 5.52. The van der Waals surface area contributed by atoms with Crippen LogP contribution in [-0.4, -0.2) is 42.3 Å². The van der Waals surface area contributed by atoms with Crippen molar-refractivity contribution in [2.75, 3.05) is 19.6 Å². The van der Waals surface area contributed by atoms with E-state index in [0.717, 1.165) is 18.7 Å². The lowest BCUT2D eigenvalue weighted by Gasteiger charge is -2.15. The van der Waals surface area contributed by atoms with Gasteiger partial charge in [0.15, 0.2) is 5.76 Å². The molecule has 0 radical (unpaired) electrons. The number of nitrogens with one attached hydrogen (secondary N) is 3. The van der Waals surface area contributed by atoms with Crippen LogP contribution in [0.5, 0.6) is 0 Å². The van der Waals surface area contributed by atoms with E-state index in [1.54, 1.807) is 24.3 Å². The van der Waals surface area contributed by atoms with Crippen LogP contribution in [0.1, 0.15) is 52.5 Å². The Bertz CT molecular complexity index is 843. The molecule has 0 saturated heterocycles. The predicted molar refractivity (Wildman–Crippen MR) is 109 cm³/mol. The number of aryl methyl sites for hydroxylation is 1. The Morgan fingerprint density at radius 2 is 1.69 bits per heavy atom. The first-order valence-corrected chi connectivity index (χ1v) is 9.68. The van der Waals surface area contributed by atoms with Crippen LogP contribution in [0.2, 0.25) is 0 Å². The van der Waals surface area contributed by atoms with Gasteiger partial charge in [-0.15, -0.1) is 0 Å². The molecule has 29 heavy (non-hydrogen) atoms. The monoisotopic (exact) mass is 400 g/mol. The molecule has 0 bridgehead atoms. The molecular weight excluding hydrogens is 372 g/mol. The fourth-order valence-corrected chi connectivity index (χ4v) is 2.72. The van der Waals surface area contributed by atoms with E-state index in [9.17, 15) is 14.4 Å². The van der Waals surface area contributed by atoms with E-state index in [1.807, 2.05) is 19.1 Å². The van der Waals surface area contributed by atoms with Gasteiger partial charge < -0.3 is 9.73 Å². The second-order valence-electron chi connectivity index (χ2n) is 6.55. The van der Waals surface area contributed by atoms with E-state index in [4.69, 9.17) is 4.42 Å². The molecule has 0 saturated carbocycles. The maximum absolute atomic E-state index is 12.1. The van der Waals surface area contributed by atoms with Crippen LogP contribution in [0, 0.1) is 6.92 Å². The van der Waals surface area contributed by atoms with E-state index in [0.29, 0.717) is 17.9 Å². The van der Waals surface area contributed by atoms with Gasteiger partial charge in [-0.1, -0.05) is 32.0 Å². The molecule has 0 atom stereocenters. The van der Waals surface area contributed by atoms with Crippen LogP contribution in [0.15, 0.2) is 40.8 Å². The Balaban J connectivity index is 1.72. The number of hydrogen-bond donors (Lipinski definition) is 3. The fraction of sp³-hybridized carbons (Fsp3) is 0.381. The van der Waals surface area contributed by atoms with Crippen molar-refractivity contribution in [1.29, 1.82) is 0 Å². The van der Waals surface area contributed by atoms with E-state index in [-0.39, 0.29) is 24.6 Å². The molecule has 0 fully saturated rings. The number of amides is 3. The van der Waals surface area contributed by atoms with Gasteiger partial charge in [0.2, 0.25) is 5.91 Å². The van der Waals surface area contributed by atoms with Crippen LogP contribution in [-0.2, 0) is 11.3 Å². The van der Waals surface area contributed by atoms with Crippen molar-refractivity contribution >= 4 is 17.7 Å². The van der Waals surface area contributed by atoms with Crippen LogP contribution < -0.4 is 16.2 Å². The normalized spacial score (nSPS) is 10.6. The van der Waals surface area contributed by atoms with Gasteiger partial charge in [-0.05, 0) is 43.8 Å². The molecule has 8 nitrogen and oxygen atoms in total. The molecule has 0 aliphatic rings. The summed E-state index contributed by atoms with van der Waals surface area (Å²) in [7, 11) is 0. The van der Waals surface area contributed by atoms with Gasteiger partial charge >= 0.3 is 5.91 Å². The van der Waals surface area contributed by atoms with Crippen molar-refractivity contribution in [3.05, 3.63) is 59.0 Å². The first-order valence-electron chi connectivity index (χ1n) is 9.68. The van der Waals surface area contributed by atoms with E-state index in [1.165, 1.54) is 0 Å². The lowest BCUT2D eigenvalue weighted by atomic mass is 10.1. The van der Waals surface area contributed by atoms with Gasteiger partial charge in [0.25, 0.3) is 5.91 Å². The Morgan fingerprint density at radius 1 is 0.966 bits per heavy atom. The summed E-state index contributed by atoms with van der Waals surface area (Å²) in [6.07, 6.45) is 0.0310. The van der Waals surface area contributed by atoms with Gasteiger partial charge in [0, 0.05) is 18.5 Å². The number of carbonyl (C=O) groups is 3. The molecule has 2 rings (SSSR count). The van der Waals surface area contributed by atoms with Crippen molar-refractivity contribution < 1.29 is 18.8 Å². The third-order valence-corrected chi connectivity index (χ3v) is 4.50. The predicted octanol–water partition coefficient (Wildman–Crippen LogP) is 2.01. The van der Waals surface area contributed by atoms with Crippen molar-refractivity contribution in [3.63, 3.8) is 0 Å². The molecule has 1 heterocycles. The largest absolute Gasteiger partial charge is 0.454 e. The zero-order chi connectivity index (χ0) is 21.2. The molecule has 156 valence electrons. The van der Waals surface area contributed by atoms with Crippen LogP contribution in [0.4, 0.5) is 0 Å². The third-order valence-electron chi connectivity index (χ3n) is 4.50. The maximum Gasteiger partial charge on any atom is 0.305 e. The highest BCUT2D eigenvalue weighted by Crippen LogP contribution is 2.10. The average molecular weight is 400 g/mol. The number of hydrogen-bond acceptors (Lipinski definition) is 5. The second-order valence-corrected chi connectivity index (χ2v) is 6.55. The van der Waals surface area contributed by atoms with Gasteiger partial charge in [-0.25, -0.2) is 0 Å². The van der Waals surface area contributed by atoms with Gasteiger partial charge in [-0.3, -0.25) is 30.1 Å². The van der Waals surface area contributed by atoms with Crippen molar-refractivity contribution in [1.82, 2.24) is 21.1 Å². The van der Waals surface area contributed by atoms with Crippen molar-refractivity contribution in [3.8, 4) is 0 Å². The first kappa shape index (κ1) is 22.2. The molecular formula is C21H28N4O4. The summed E-state index contributed by atoms with van der Waals surface area (Å²) in [6.45, 7) is 8.50. The molecule has 0 unspecified atom stereocenters. The Hall–Kier alpha value is -3.13. The van der Waals surface area contributed by atoms with E-state index >= 15 is 0 Å². The average Bonchev–Trinajstić information content (AvgIpc) is 3.19. The van der Waals surface area contributed by atoms with Gasteiger partial charge in [-0.2, -0.15) is 0 Å². The summed E-state index contributed by atoms with van der Waals surface area (Å²) in [5, 5.41) is 2.69. The summed E-state index contributed by atoms with van der Waals surface area (Å²) in [6, 6.07) is 10.5. The highest BCUT2D eigenvalue weighted by Gasteiger charge is 2.14. The molecule has 0 spiro atoms. The van der Waals surface area contributed by atoms with Crippen molar-refractivity contribution in [2.45, 2.75) is 33.7 Å². The zero-order valence-corrected chi connectivity index (χ0v) is 17.1. The highest BCUT2D eigenvalue weighted by atomic mass is 16.4. The topological polar surface area (TPSA) is 104 Å². The van der Waals surface area contributed by atoms with E-state index < -0.39 is 11.8 Å². The summed E-state index contributed by atoms with van der Waals surface area (Å²) >= 11 is 0. The van der Waals surface area contributed by atoms with Gasteiger partial charge in [0.05, 0.1) is 6.54 Å². The standard InChI is InChI=1S/C21H28N4O4/c1-4-25(5-2)14-16-10-11-18(29-16)21(28)24-23-19(26)12-13-22-20(27)17-9-7-6-8-15(17)3/h6-11H,4-5,12-14H2,1-3H3,(H,22,27)(H,23,26)(H,24,28). The summed E-state index contributed by atoms with van der Waals surface area (Å²) in [5.74, 6) is -0.382. The number of benzene rings is 1. The molecule has 0 aliphatic heterocycles. The molecule has 0 aliphatic carbocycles. The Kier molecular flexibility index (Phi) is 8.42. The number of hydrazine groups is 1. The van der Waals surface area contributed by atoms with Gasteiger partial charge in [0.1, 0.15) is 5.76 Å². The molecule has 1 aromatic heterocycles. The number of nitrogens with zero attached hydrogens (tertiary/aromatic N) is 1. The van der Waals surface area contributed by atoms with E-state index in [2.05, 4.69) is 34.9 Å². The van der Waals surface area contributed by atoms with Crippen LogP contribution in [0.3, 0.4) is 0 Å². The van der Waals surface area contributed by atoms with Crippen LogP contribution in [0.25, 0.3) is 0 Å². The SMILES string of the molecule is CCN(CC)Cc1ccc(C(=O)NNC(=O)CCNC(=O)c2ccccc2C)o1. The van der Waals surface area contributed by atoms with Crippen molar-refractivity contribution in [2.24, 2.45) is 0 Å². The number of rotatable bonds is 9. The third kappa shape index (κ3) is 6.76. The Morgan fingerprint density at radius 3 is 2.38 bits per heavy atom.